The summed E-state index contributed by atoms with van der Waals surface area (Å²) in [6.07, 6.45) is 1.12. The third kappa shape index (κ3) is 5.93. The van der Waals surface area contributed by atoms with Gasteiger partial charge in [0, 0.05) is 44.0 Å². The molecule has 0 aliphatic carbocycles. The van der Waals surface area contributed by atoms with Gasteiger partial charge in [-0.2, -0.15) is 0 Å². The maximum atomic E-state index is 9.55. The second kappa shape index (κ2) is 8.84. The quantitative estimate of drug-likeness (QED) is 0.833. The number of carboxylic acid groups (broad SMARTS) is 2. The smallest absolute Gasteiger partial charge is 0.328 e. The number of hydrogen-bond acceptors (Lipinski definition) is 4. The van der Waals surface area contributed by atoms with Crippen molar-refractivity contribution in [1.82, 2.24) is 4.90 Å². The Balaban J connectivity index is 0.000000242. The predicted molar refractivity (Wildman–Crippen MR) is 98.1 cm³/mol. The number of aliphatic carboxylic acids is 2. The average Bonchev–Trinajstić information content (AvgIpc) is 2.61. The predicted octanol–water partition coefficient (Wildman–Crippen LogP) is 2.30. The van der Waals surface area contributed by atoms with E-state index < -0.39 is 11.9 Å². The van der Waals surface area contributed by atoms with Crippen molar-refractivity contribution < 1.29 is 19.8 Å². The number of fused-ring (bicyclic) bond motifs is 1. The van der Waals surface area contributed by atoms with Crippen molar-refractivity contribution in [3.05, 3.63) is 54.6 Å². The number of rotatable bonds is 3. The Morgan fingerprint density at radius 1 is 0.880 bits per heavy atom. The summed E-state index contributed by atoms with van der Waals surface area (Å²) in [5.41, 5.74) is 1.36. The van der Waals surface area contributed by atoms with Crippen LogP contribution in [0.5, 0.6) is 0 Å². The number of carbonyl (C=O) groups is 2. The van der Waals surface area contributed by atoms with E-state index in [-0.39, 0.29) is 0 Å². The van der Waals surface area contributed by atoms with Gasteiger partial charge in [-0.05, 0) is 30.0 Å². The van der Waals surface area contributed by atoms with Crippen LogP contribution in [-0.4, -0.2) is 60.3 Å². The zero-order chi connectivity index (χ0) is 18.2. The first-order valence-corrected chi connectivity index (χ1v) is 8.02. The van der Waals surface area contributed by atoms with Crippen molar-refractivity contribution >= 4 is 28.4 Å². The van der Waals surface area contributed by atoms with Gasteiger partial charge in [0.05, 0.1) is 0 Å². The lowest BCUT2D eigenvalue weighted by atomic mass is 10.1. The van der Waals surface area contributed by atoms with Crippen LogP contribution < -0.4 is 4.90 Å². The molecule has 6 nitrogen and oxygen atoms in total. The monoisotopic (exact) mass is 342 g/mol. The summed E-state index contributed by atoms with van der Waals surface area (Å²) in [4.78, 5) is 24.0. The lowest BCUT2D eigenvalue weighted by Crippen LogP contribution is -2.44. The lowest BCUT2D eigenvalue weighted by Gasteiger charge is -2.34. The van der Waals surface area contributed by atoms with Gasteiger partial charge in [0.2, 0.25) is 0 Å². The van der Waals surface area contributed by atoms with Crippen LogP contribution in [0.4, 0.5) is 5.69 Å². The van der Waals surface area contributed by atoms with Crippen molar-refractivity contribution in [3.63, 3.8) is 0 Å². The van der Waals surface area contributed by atoms with Crippen LogP contribution >= 0.6 is 0 Å². The first-order valence-electron chi connectivity index (χ1n) is 8.02. The molecular formula is C19H22N2O4. The molecule has 25 heavy (non-hydrogen) atoms. The summed E-state index contributed by atoms with van der Waals surface area (Å²) < 4.78 is 0. The zero-order valence-electron chi connectivity index (χ0n) is 14.1. The first-order chi connectivity index (χ1) is 12.0. The van der Waals surface area contributed by atoms with Gasteiger partial charge in [0.25, 0.3) is 0 Å². The number of nitrogens with zero attached hydrogens (tertiary/aromatic N) is 2. The van der Waals surface area contributed by atoms with E-state index in [1.165, 1.54) is 16.5 Å². The molecule has 1 aliphatic heterocycles. The van der Waals surface area contributed by atoms with Gasteiger partial charge in [0.1, 0.15) is 0 Å². The highest BCUT2D eigenvalue weighted by atomic mass is 16.4. The Morgan fingerprint density at radius 2 is 1.44 bits per heavy atom. The van der Waals surface area contributed by atoms with E-state index >= 15 is 0 Å². The maximum Gasteiger partial charge on any atom is 0.328 e. The summed E-state index contributed by atoms with van der Waals surface area (Å²) in [5, 5.41) is 18.3. The van der Waals surface area contributed by atoms with E-state index in [4.69, 9.17) is 10.2 Å². The molecule has 0 unspecified atom stereocenters. The van der Waals surface area contributed by atoms with Crippen molar-refractivity contribution in [2.75, 3.05) is 38.1 Å². The number of benzene rings is 2. The molecule has 3 rings (SSSR count). The fraction of sp³-hybridized carbons (Fsp3) is 0.263. The molecule has 132 valence electrons. The molecule has 0 aromatic heterocycles. The molecule has 1 heterocycles. The molecule has 1 aliphatic rings. The number of carboxylic acids is 2. The molecule has 0 radical (unpaired) electrons. The summed E-state index contributed by atoms with van der Waals surface area (Å²) in [5.74, 6) is -2.51. The number of likely N-dealkylation sites (N-methyl/N-ethyl adjacent to an activating group) is 1. The van der Waals surface area contributed by atoms with Gasteiger partial charge in [0.15, 0.2) is 0 Å². The molecule has 0 amide bonds. The molecule has 2 N–H and O–H groups in total. The van der Waals surface area contributed by atoms with Crippen molar-refractivity contribution in [3.8, 4) is 0 Å². The zero-order valence-corrected chi connectivity index (χ0v) is 14.1. The van der Waals surface area contributed by atoms with E-state index in [1.54, 1.807) is 0 Å². The molecule has 6 heteroatoms. The second-order valence-electron chi connectivity index (χ2n) is 5.83. The fourth-order valence-electron chi connectivity index (χ4n) is 2.58. The minimum absolute atomic E-state index is 0.558. The third-order valence-electron chi connectivity index (χ3n) is 3.97. The first kappa shape index (κ1) is 18.5. The van der Waals surface area contributed by atoms with Crippen LogP contribution in [0.2, 0.25) is 0 Å². The SMILES string of the molecule is CN1CCN(c2ccc3ccccc3c2)CC1.O=C(O)/C=C\C(=O)O. The molecule has 0 atom stereocenters. The van der Waals surface area contributed by atoms with Crippen LogP contribution in [0.15, 0.2) is 54.6 Å². The summed E-state index contributed by atoms with van der Waals surface area (Å²) in [7, 11) is 2.19. The maximum absolute atomic E-state index is 9.55. The van der Waals surface area contributed by atoms with Crippen molar-refractivity contribution in [2.45, 2.75) is 0 Å². The number of anilines is 1. The largest absolute Gasteiger partial charge is 0.478 e. The summed E-state index contributed by atoms with van der Waals surface area (Å²) in [6, 6.07) is 15.3. The van der Waals surface area contributed by atoms with Crippen LogP contribution in [0.25, 0.3) is 10.8 Å². The van der Waals surface area contributed by atoms with E-state index in [1.807, 2.05) is 0 Å². The second-order valence-corrected chi connectivity index (χ2v) is 5.83. The van der Waals surface area contributed by atoms with Crippen LogP contribution in [0.3, 0.4) is 0 Å². The van der Waals surface area contributed by atoms with Crippen LogP contribution in [-0.2, 0) is 9.59 Å². The van der Waals surface area contributed by atoms with E-state index in [0.717, 1.165) is 26.2 Å². The lowest BCUT2D eigenvalue weighted by molar-refractivity contribution is -0.134. The molecular weight excluding hydrogens is 320 g/mol. The molecule has 0 saturated carbocycles. The van der Waals surface area contributed by atoms with E-state index in [2.05, 4.69) is 59.3 Å². The van der Waals surface area contributed by atoms with Crippen LogP contribution in [0, 0.1) is 0 Å². The van der Waals surface area contributed by atoms with Gasteiger partial charge in [-0.3, -0.25) is 0 Å². The third-order valence-corrected chi connectivity index (χ3v) is 3.97. The molecule has 1 fully saturated rings. The molecule has 2 aromatic rings. The number of piperazine rings is 1. The van der Waals surface area contributed by atoms with Gasteiger partial charge in [-0.15, -0.1) is 0 Å². The van der Waals surface area contributed by atoms with Gasteiger partial charge in [-0.25, -0.2) is 9.59 Å². The minimum atomic E-state index is -1.26. The standard InChI is InChI=1S/C15H18N2.C4H4O4/c1-16-8-10-17(11-9-16)15-7-6-13-4-2-3-5-14(13)12-15;5-3(6)1-2-4(7)8/h2-7,12H,8-11H2,1H3;1-2H,(H,5,6)(H,7,8)/b;2-1-. The highest BCUT2D eigenvalue weighted by Crippen LogP contribution is 2.22. The Labute approximate surface area is 146 Å². The van der Waals surface area contributed by atoms with Gasteiger partial charge < -0.3 is 20.0 Å². The Kier molecular flexibility index (Phi) is 6.54. The minimum Gasteiger partial charge on any atom is -0.478 e. The molecule has 2 aromatic carbocycles. The Hall–Kier alpha value is -2.86. The highest BCUT2D eigenvalue weighted by molar-refractivity contribution is 5.89. The Bertz CT molecular complexity index is 749. The van der Waals surface area contributed by atoms with Gasteiger partial charge >= 0.3 is 11.9 Å². The average molecular weight is 342 g/mol. The Morgan fingerprint density at radius 3 is 2.00 bits per heavy atom. The summed E-state index contributed by atoms with van der Waals surface area (Å²) >= 11 is 0. The van der Waals surface area contributed by atoms with Gasteiger partial charge in [-0.1, -0.05) is 30.3 Å². The van der Waals surface area contributed by atoms with Crippen molar-refractivity contribution in [1.29, 1.82) is 0 Å². The normalized spacial score (nSPS) is 15.0. The fourth-order valence-corrected chi connectivity index (χ4v) is 2.58. The summed E-state index contributed by atoms with van der Waals surface area (Å²) in [6.45, 7) is 4.59. The van der Waals surface area contributed by atoms with E-state index in [0.29, 0.717) is 12.2 Å². The van der Waals surface area contributed by atoms with Crippen LogP contribution in [0.1, 0.15) is 0 Å². The topological polar surface area (TPSA) is 81.1 Å². The molecule has 1 saturated heterocycles. The molecule has 0 bridgehead atoms. The number of hydrogen-bond donors (Lipinski definition) is 2. The van der Waals surface area contributed by atoms with E-state index in [9.17, 15) is 9.59 Å². The van der Waals surface area contributed by atoms with Crippen molar-refractivity contribution in [2.24, 2.45) is 0 Å². The molecule has 0 spiro atoms. The highest BCUT2D eigenvalue weighted by Gasteiger charge is 2.14.